The summed E-state index contributed by atoms with van der Waals surface area (Å²) in [5.74, 6) is -0.359. The van der Waals surface area contributed by atoms with E-state index in [4.69, 9.17) is 27.9 Å². The van der Waals surface area contributed by atoms with Gasteiger partial charge in [0, 0.05) is 21.7 Å². The number of hydrogen-bond acceptors (Lipinski definition) is 3. The summed E-state index contributed by atoms with van der Waals surface area (Å²) in [7, 11) is 1.37. The molecule has 0 radical (unpaired) electrons. The monoisotopic (exact) mass is 301 g/mol. The van der Waals surface area contributed by atoms with Crippen LogP contribution in [-0.2, 0) is 9.53 Å². The molecule has 1 aliphatic carbocycles. The second kappa shape index (κ2) is 6.60. The molecule has 1 aliphatic rings. The summed E-state index contributed by atoms with van der Waals surface area (Å²) in [5, 5.41) is 4.28. The Morgan fingerprint density at radius 1 is 1.32 bits per heavy atom. The standard InChI is InChI=1S/C14H17Cl2NO2/c1-19-14(18)13(17-9-5-2-3-6-9)12-10(15)7-4-8-11(12)16/h4,7-9,13,17H,2-3,5-6H2,1H3. The molecule has 0 saturated heterocycles. The maximum atomic E-state index is 12.0. The molecule has 1 N–H and O–H groups in total. The molecule has 1 aromatic carbocycles. The molecule has 1 saturated carbocycles. The van der Waals surface area contributed by atoms with E-state index < -0.39 is 6.04 Å². The van der Waals surface area contributed by atoms with E-state index in [9.17, 15) is 4.79 Å². The molecule has 0 bridgehead atoms. The van der Waals surface area contributed by atoms with Crippen molar-refractivity contribution in [1.29, 1.82) is 0 Å². The summed E-state index contributed by atoms with van der Waals surface area (Å²) in [6.45, 7) is 0. The third-order valence-corrected chi connectivity index (χ3v) is 4.14. The van der Waals surface area contributed by atoms with E-state index in [2.05, 4.69) is 5.32 Å². The molecule has 2 rings (SSSR count). The predicted octanol–water partition coefficient (Wildman–Crippen LogP) is 3.74. The Balaban J connectivity index is 2.28. The van der Waals surface area contributed by atoms with Gasteiger partial charge in [-0.2, -0.15) is 0 Å². The van der Waals surface area contributed by atoms with Crippen LogP contribution in [0.1, 0.15) is 37.3 Å². The van der Waals surface area contributed by atoms with Crippen LogP contribution in [0.25, 0.3) is 0 Å². The molecule has 0 aromatic heterocycles. The maximum absolute atomic E-state index is 12.0. The molecule has 104 valence electrons. The lowest BCUT2D eigenvalue weighted by atomic mass is 10.0. The Hall–Kier alpha value is -0.770. The van der Waals surface area contributed by atoms with Crippen LogP contribution in [0, 0.1) is 0 Å². The average molecular weight is 302 g/mol. The van der Waals surface area contributed by atoms with Gasteiger partial charge in [0.25, 0.3) is 0 Å². The van der Waals surface area contributed by atoms with E-state index in [-0.39, 0.29) is 5.97 Å². The maximum Gasteiger partial charge on any atom is 0.327 e. The second-order valence-electron chi connectivity index (χ2n) is 4.74. The van der Waals surface area contributed by atoms with E-state index in [0.29, 0.717) is 21.7 Å². The highest BCUT2D eigenvalue weighted by Crippen LogP contribution is 2.32. The molecule has 3 nitrogen and oxygen atoms in total. The topological polar surface area (TPSA) is 38.3 Å². The largest absolute Gasteiger partial charge is 0.468 e. The van der Waals surface area contributed by atoms with Crippen molar-refractivity contribution in [1.82, 2.24) is 5.32 Å². The lowest BCUT2D eigenvalue weighted by Crippen LogP contribution is -2.36. The Morgan fingerprint density at radius 3 is 2.42 bits per heavy atom. The van der Waals surface area contributed by atoms with Crippen molar-refractivity contribution in [2.45, 2.75) is 37.8 Å². The third kappa shape index (κ3) is 3.41. The van der Waals surface area contributed by atoms with Crippen molar-refractivity contribution < 1.29 is 9.53 Å². The van der Waals surface area contributed by atoms with Crippen LogP contribution < -0.4 is 5.32 Å². The highest BCUT2D eigenvalue weighted by atomic mass is 35.5. The van der Waals surface area contributed by atoms with E-state index in [1.165, 1.54) is 20.0 Å². The first kappa shape index (κ1) is 14.6. The molecule has 1 unspecified atom stereocenters. The molecule has 1 atom stereocenters. The minimum absolute atomic E-state index is 0.316. The average Bonchev–Trinajstić information content (AvgIpc) is 2.89. The summed E-state index contributed by atoms with van der Waals surface area (Å²) < 4.78 is 4.87. The number of rotatable bonds is 4. The van der Waals surface area contributed by atoms with Crippen LogP contribution in [-0.4, -0.2) is 19.1 Å². The quantitative estimate of drug-likeness (QED) is 0.861. The highest BCUT2D eigenvalue weighted by Gasteiger charge is 2.29. The number of esters is 1. The predicted molar refractivity (Wildman–Crippen MR) is 76.6 cm³/mol. The van der Waals surface area contributed by atoms with Gasteiger partial charge in [-0.05, 0) is 25.0 Å². The number of carbonyl (C=O) groups excluding carboxylic acids is 1. The number of ether oxygens (including phenoxy) is 1. The summed E-state index contributed by atoms with van der Waals surface area (Å²) >= 11 is 12.4. The summed E-state index contributed by atoms with van der Waals surface area (Å²) in [5.41, 5.74) is 0.601. The van der Waals surface area contributed by atoms with Crippen LogP contribution in [0.2, 0.25) is 10.0 Å². The Labute approximate surface area is 123 Å². The van der Waals surface area contributed by atoms with Gasteiger partial charge in [0.05, 0.1) is 7.11 Å². The fourth-order valence-corrected chi connectivity index (χ4v) is 3.12. The number of carbonyl (C=O) groups is 1. The molecule has 0 amide bonds. The molecule has 0 aliphatic heterocycles. The van der Waals surface area contributed by atoms with Gasteiger partial charge in [-0.15, -0.1) is 0 Å². The lowest BCUT2D eigenvalue weighted by Gasteiger charge is -2.23. The van der Waals surface area contributed by atoms with Gasteiger partial charge in [-0.3, -0.25) is 5.32 Å². The minimum atomic E-state index is -0.603. The Bertz CT molecular complexity index is 439. The zero-order valence-electron chi connectivity index (χ0n) is 10.8. The molecular weight excluding hydrogens is 285 g/mol. The normalized spacial score (nSPS) is 17.4. The first-order valence-electron chi connectivity index (χ1n) is 6.41. The van der Waals surface area contributed by atoms with E-state index >= 15 is 0 Å². The minimum Gasteiger partial charge on any atom is -0.468 e. The smallest absolute Gasteiger partial charge is 0.327 e. The molecule has 0 heterocycles. The van der Waals surface area contributed by atoms with E-state index in [1.807, 2.05) is 0 Å². The lowest BCUT2D eigenvalue weighted by molar-refractivity contribution is -0.143. The van der Waals surface area contributed by atoms with Gasteiger partial charge < -0.3 is 4.74 Å². The van der Waals surface area contributed by atoms with Crippen LogP contribution >= 0.6 is 23.2 Å². The molecular formula is C14H17Cl2NO2. The fraction of sp³-hybridized carbons (Fsp3) is 0.500. The van der Waals surface area contributed by atoms with Crippen molar-refractivity contribution in [3.05, 3.63) is 33.8 Å². The molecule has 19 heavy (non-hydrogen) atoms. The van der Waals surface area contributed by atoms with E-state index in [1.54, 1.807) is 18.2 Å². The van der Waals surface area contributed by atoms with Gasteiger partial charge in [0.1, 0.15) is 6.04 Å². The molecule has 5 heteroatoms. The van der Waals surface area contributed by atoms with Crippen LogP contribution in [0.3, 0.4) is 0 Å². The summed E-state index contributed by atoms with van der Waals surface area (Å²) in [4.78, 5) is 12.0. The van der Waals surface area contributed by atoms with Gasteiger partial charge >= 0.3 is 5.97 Å². The number of nitrogens with one attached hydrogen (secondary N) is 1. The Morgan fingerprint density at radius 2 is 1.89 bits per heavy atom. The van der Waals surface area contributed by atoms with Gasteiger partial charge in [-0.1, -0.05) is 42.1 Å². The number of hydrogen-bond donors (Lipinski definition) is 1. The van der Waals surface area contributed by atoms with Crippen LogP contribution in [0.4, 0.5) is 0 Å². The zero-order valence-corrected chi connectivity index (χ0v) is 12.3. The Kier molecular flexibility index (Phi) is 5.08. The van der Waals surface area contributed by atoms with E-state index in [0.717, 1.165) is 12.8 Å². The SMILES string of the molecule is COC(=O)C(NC1CCCC1)c1c(Cl)cccc1Cl. The van der Waals surface area contributed by atoms with Gasteiger partial charge in [-0.25, -0.2) is 4.79 Å². The van der Waals surface area contributed by atoms with Crippen LogP contribution in [0.5, 0.6) is 0 Å². The van der Waals surface area contributed by atoms with Crippen molar-refractivity contribution >= 4 is 29.2 Å². The summed E-state index contributed by atoms with van der Waals surface area (Å²) in [6.07, 6.45) is 4.49. The van der Waals surface area contributed by atoms with Crippen molar-refractivity contribution in [2.24, 2.45) is 0 Å². The zero-order chi connectivity index (χ0) is 13.8. The molecule has 1 aromatic rings. The number of halogens is 2. The van der Waals surface area contributed by atoms with Gasteiger partial charge in [0.2, 0.25) is 0 Å². The fourth-order valence-electron chi connectivity index (χ4n) is 2.50. The first-order valence-corrected chi connectivity index (χ1v) is 7.17. The number of methoxy groups -OCH3 is 1. The third-order valence-electron chi connectivity index (χ3n) is 3.48. The van der Waals surface area contributed by atoms with Gasteiger partial charge in [0.15, 0.2) is 0 Å². The van der Waals surface area contributed by atoms with Crippen molar-refractivity contribution in [2.75, 3.05) is 7.11 Å². The van der Waals surface area contributed by atoms with Crippen LogP contribution in [0.15, 0.2) is 18.2 Å². The first-order chi connectivity index (χ1) is 9.13. The highest BCUT2D eigenvalue weighted by molar-refractivity contribution is 6.36. The second-order valence-corrected chi connectivity index (χ2v) is 5.55. The van der Waals surface area contributed by atoms with Crippen molar-refractivity contribution in [3.63, 3.8) is 0 Å². The van der Waals surface area contributed by atoms with Crippen molar-refractivity contribution in [3.8, 4) is 0 Å². The molecule has 0 spiro atoms. The number of benzene rings is 1. The summed E-state index contributed by atoms with van der Waals surface area (Å²) in [6, 6.07) is 4.94. The molecule has 1 fully saturated rings.